The van der Waals surface area contributed by atoms with Crippen molar-refractivity contribution >= 4 is 23.4 Å². The SMILES string of the molecule is CCCSc1ccc(Cl)cc1CNC. The molecule has 3 heteroatoms. The summed E-state index contributed by atoms with van der Waals surface area (Å²) in [5.74, 6) is 1.17. The zero-order valence-electron chi connectivity index (χ0n) is 8.64. The van der Waals surface area contributed by atoms with Gasteiger partial charge >= 0.3 is 0 Å². The molecule has 0 fully saturated rings. The fourth-order valence-electron chi connectivity index (χ4n) is 1.23. The standard InChI is InChI=1S/C11H16ClNS/c1-3-6-14-11-5-4-10(12)7-9(11)8-13-2/h4-5,7,13H,3,6,8H2,1-2H3. The van der Waals surface area contributed by atoms with Crippen LogP contribution in [0, 0.1) is 0 Å². The van der Waals surface area contributed by atoms with E-state index in [0.717, 1.165) is 11.6 Å². The van der Waals surface area contributed by atoms with Crippen LogP contribution in [0.3, 0.4) is 0 Å². The van der Waals surface area contributed by atoms with E-state index in [4.69, 9.17) is 11.6 Å². The molecule has 1 nitrogen and oxygen atoms in total. The molecule has 0 aliphatic heterocycles. The molecule has 1 N–H and O–H groups in total. The number of rotatable bonds is 5. The predicted molar refractivity (Wildman–Crippen MR) is 65.2 cm³/mol. The second-order valence-corrected chi connectivity index (χ2v) is 4.70. The van der Waals surface area contributed by atoms with Gasteiger partial charge in [0, 0.05) is 16.5 Å². The summed E-state index contributed by atoms with van der Waals surface area (Å²) in [4.78, 5) is 1.34. The molecule has 78 valence electrons. The van der Waals surface area contributed by atoms with E-state index < -0.39 is 0 Å². The number of thioether (sulfide) groups is 1. The number of hydrogen-bond donors (Lipinski definition) is 1. The molecule has 0 aromatic heterocycles. The minimum absolute atomic E-state index is 0.816. The smallest absolute Gasteiger partial charge is 0.0410 e. The van der Waals surface area contributed by atoms with Crippen molar-refractivity contribution in [2.45, 2.75) is 24.8 Å². The minimum atomic E-state index is 0.816. The normalized spacial score (nSPS) is 10.5. The van der Waals surface area contributed by atoms with Gasteiger partial charge in [-0.25, -0.2) is 0 Å². The van der Waals surface area contributed by atoms with E-state index in [1.165, 1.54) is 22.6 Å². The number of benzene rings is 1. The van der Waals surface area contributed by atoms with E-state index in [1.54, 1.807) is 0 Å². The van der Waals surface area contributed by atoms with Crippen LogP contribution < -0.4 is 5.32 Å². The molecule has 0 radical (unpaired) electrons. The first-order chi connectivity index (χ1) is 6.77. The first-order valence-corrected chi connectivity index (χ1v) is 6.20. The monoisotopic (exact) mass is 229 g/mol. The lowest BCUT2D eigenvalue weighted by atomic mass is 10.2. The fraction of sp³-hybridized carbons (Fsp3) is 0.455. The van der Waals surface area contributed by atoms with Gasteiger partial charge in [-0.2, -0.15) is 0 Å². The van der Waals surface area contributed by atoms with Gasteiger partial charge in [-0.05, 0) is 43.0 Å². The Morgan fingerprint density at radius 1 is 1.43 bits per heavy atom. The molecule has 1 aromatic rings. The highest BCUT2D eigenvalue weighted by Gasteiger charge is 2.02. The zero-order chi connectivity index (χ0) is 10.4. The van der Waals surface area contributed by atoms with Crippen LogP contribution in [-0.4, -0.2) is 12.8 Å². The largest absolute Gasteiger partial charge is 0.316 e. The summed E-state index contributed by atoms with van der Waals surface area (Å²) < 4.78 is 0. The third-order valence-electron chi connectivity index (χ3n) is 1.85. The van der Waals surface area contributed by atoms with Crippen molar-refractivity contribution < 1.29 is 0 Å². The van der Waals surface area contributed by atoms with Crippen LogP contribution in [0.1, 0.15) is 18.9 Å². The summed E-state index contributed by atoms with van der Waals surface area (Å²) in [6.07, 6.45) is 1.20. The lowest BCUT2D eigenvalue weighted by Crippen LogP contribution is -2.06. The van der Waals surface area contributed by atoms with Crippen LogP contribution in [0.15, 0.2) is 23.1 Å². The molecule has 0 amide bonds. The Bertz CT molecular complexity index is 289. The third kappa shape index (κ3) is 3.52. The molecule has 0 heterocycles. The van der Waals surface area contributed by atoms with Gasteiger partial charge in [-0.1, -0.05) is 18.5 Å². The third-order valence-corrected chi connectivity index (χ3v) is 3.41. The summed E-state index contributed by atoms with van der Waals surface area (Å²) in [5, 5.41) is 3.97. The van der Waals surface area contributed by atoms with Gasteiger partial charge in [0.15, 0.2) is 0 Å². The van der Waals surface area contributed by atoms with Gasteiger partial charge in [-0.3, -0.25) is 0 Å². The van der Waals surface area contributed by atoms with E-state index in [1.807, 2.05) is 30.9 Å². The fourth-order valence-corrected chi connectivity index (χ4v) is 2.33. The van der Waals surface area contributed by atoms with Crippen LogP contribution >= 0.6 is 23.4 Å². The topological polar surface area (TPSA) is 12.0 Å². The lowest BCUT2D eigenvalue weighted by Gasteiger charge is -2.08. The van der Waals surface area contributed by atoms with Crippen molar-refractivity contribution in [2.75, 3.05) is 12.8 Å². The highest BCUT2D eigenvalue weighted by atomic mass is 35.5. The summed E-state index contributed by atoms with van der Waals surface area (Å²) in [6, 6.07) is 6.10. The van der Waals surface area contributed by atoms with Crippen molar-refractivity contribution in [3.8, 4) is 0 Å². The summed E-state index contributed by atoms with van der Waals surface area (Å²) >= 11 is 7.85. The summed E-state index contributed by atoms with van der Waals surface area (Å²) in [5.41, 5.74) is 1.29. The second-order valence-electron chi connectivity index (χ2n) is 3.13. The zero-order valence-corrected chi connectivity index (χ0v) is 10.2. The Labute approximate surface area is 95.2 Å². The van der Waals surface area contributed by atoms with E-state index in [0.29, 0.717) is 0 Å². The molecular weight excluding hydrogens is 214 g/mol. The Morgan fingerprint density at radius 2 is 2.21 bits per heavy atom. The van der Waals surface area contributed by atoms with Crippen molar-refractivity contribution in [1.82, 2.24) is 5.32 Å². The first kappa shape index (κ1) is 11.9. The Balaban J connectivity index is 2.78. The molecule has 14 heavy (non-hydrogen) atoms. The molecule has 1 aromatic carbocycles. The average Bonchev–Trinajstić information content (AvgIpc) is 2.17. The Kier molecular flexibility index (Phi) is 5.38. The van der Waals surface area contributed by atoms with Gasteiger partial charge in [-0.15, -0.1) is 11.8 Å². The maximum Gasteiger partial charge on any atom is 0.0410 e. The average molecular weight is 230 g/mol. The molecular formula is C11H16ClNS. The molecule has 0 spiro atoms. The van der Waals surface area contributed by atoms with E-state index in [-0.39, 0.29) is 0 Å². The minimum Gasteiger partial charge on any atom is -0.316 e. The number of halogens is 1. The van der Waals surface area contributed by atoms with Gasteiger partial charge in [0.25, 0.3) is 0 Å². The molecule has 0 saturated carbocycles. The first-order valence-electron chi connectivity index (χ1n) is 4.83. The molecule has 0 aliphatic carbocycles. The van der Waals surface area contributed by atoms with Gasteiger partial charge in [0.2, 0.25) is 0 Å². The van der Waals surface area contributed by atoms with Crippen molar-refractivity contribution in [3.05, 3.63) is 28.8 Å². The number of hydrogen-bond acceptors (Lipinski definition) is 2. The van der Waals surface area contributed by atoms with Crippen LogP contribution in [-0.2, 0) is 6.54 Å². The van der Waals surface area contributed by atoms with Crippen molar-refractivity contribution in [2.24, 2.45) is 0 Å². The van der Waals surface area contributed by atoms with Crippen molar-refractivity contribution in [3.63, 3.8) is 0 Å². The maximum absolute atomic E-state index is 5.95. The van der Waals surface area contributed by atoms with Crippen LogP contribution in [0.5, 0.6) is 0 Å². The molecule has 1 rings (SSSR count). The van der Waals surface area contributed by atoms with Gasteiger partial charge in [0.1, 0.15) is 0 Å². The van der Waals surface area contributed by atoms with Crippen LogP contribution in [0.25, 0.3) is 0 Å². The van der Waals surface area contributed by atoms with E-state index >= 15 is 0 Å². The number of nitrogens with one attached hydrogen (secondary N) is 1. The van der Waals surface area contributed by atoms with Crippen molar-refractivity contribution in [1.29, 1.82) is 0 Å². The molecule has 0 saturated heterocycles. The maximum atomic E-state index is 5.95. The lowest BCUT2D eigenvalue weighted by molar-refractivity contribution is 0.803. The highest BCUT2D eigenvalue weighted by molar-refractivity contribution is 7.99. The second kappa shape index (κ2) is 6.33. The quantitative estimate of drug-likeness (QED) is 0.775. The molecule has 0 bridgehead atoms. The van der Waals surface area contributed by atoms with Crippen LogP contribution in [0.4, 0.5) is 0 Å². The van der Waals surface area contributed by atoms with Crippen LogP contribution in [0.2, 0.25) is 5.02 Å². The van der Waals surface area contributed by atoms with E-state index in [2.05, 4.69) is 18.3 Å². The van der Waals surface area contributed by atoms with Gasteiger partial charge in [0.05, 0.1) is 0 Å². The highest BCUT2D eigenvalue weighted by Crippen LogP contribution is 2.26. The molecule has 0 unspecified atom stereocenters. The Morgan fingerprint density at radius 3 is 2.86 bits per heavy atom. The Hall–Kier alpha value is -0.180. The predicted octanol–water partition coefficient (Wildman–Crippen LogP) is 3.56. The summed E-state index contributed by atoms with van der Waals surface area (Å²) in [7, 11) is 1.95. The van der Waals surface area contributed by atoms with Gasteiger partial charge < -0.3 is 5.32 Å². The van der Waals surface area contributed by atoms with E-state index in [9.17, 15) is 0 Å². The summed E-state index contributed by atoms with van der Waals surface area (Å²) in [6.45, 7) is 3.08. The molecule has 0 atom stereocenters. The molecule has 0 aliphatic rings.